The molecule has 0 saturated carbocycles. The van der Waals surface area contributed by atoms with Crippen LogP contribution in [0.4, 0.5) is 9.59 Å². The molecule has 0 spiro atoms. The van der Waals surface area contributed by atoms with E-state index in [-0.39, 0.29) is 19.6 Å². The normalized spacial score (nSPS) is 27.0. The van der Waals surface area contributed by atoms with E-state index in [0.29, 0.717) is 31.0 Å². The summed E-state index contributed by atoms with van der Waals surface area (Å²) in [7, 11) is -4.83. The zero-order chi connectivity index (χ0) is 19.1. The molecule has 0 aromatic heterocycles. The number of nitrogens with zero attached hydrogens (tertiary/aromatic N) is 4. The molecule has 4 amide bonds. The first-order valence-corrected chi connectivity index (χ1v) is 9.32. The maximum atomic E-state index is 12.5. The van der Waals surface area contributed by atoms with Gasteiger partial charge in [-0.2, -0.15) is 13.5 Å². The maximum absolute atomic E-state index is 12.5. The molecule has 3 heterocycles. The molecule has 14 heteroatoms. The number of hydroxylamine groups is 2. The lowest BCUT2D eigenvalue weighted by Gasteiger charge is -2.35. The van der Waals surface area contributed by atoms with Crippen molar-refractivity contribution in [2.24, 2.45) is 0 Å². The maximum Gasteiger partial charge on any atom is 0.418 e. The molecule has 3 N–H and O–H groups in total. The lowest BCUT2D eigenvalue weighted by atomic mass is 10.0. The fourth-order valence-electron chi connectivity index (χ4n) is 3.34. The number of carboxylic acid groups (broad SMARTS) is 1. The van der Waals surface area contributed by atoms with Gasteiger partial charge in [-0.1, -0.05) is 0 Å². The SMILES string of the molecule is O=C(NN1CCN(C(=O)O)CC1)[C@@H]1CC[C@@H]2CN1C(=O)N2OS(=O)(=O)O. The van der Waals surface area contributed by atoms with Crippen molar-refractivity contribution in [3.63, 3.8) is 0 Å². The molecule has 2 bridgehead atoms. The molecule has 0 aromatic carbocycles. The first-order valence-electron chi connectivity index (χ1n) is 7.96. The zero-order valence-corrected chi connectivity index (χ0v) is 14.5. The van der Waals surface area contributed by atoms with Crippen LogP contribution in [0.1, 0.15) is 12.8 Å². The van der Waals surface area contributed by atoms with E-state index in [1.807, 2.05) is 0 Å². The number of hydrogen-bond donors (Lipinski definition) is 3. The van der Waals surface area contributed by atoms with Crippen LogP contribution in [-0.2, 0) is 19.5 Å². The van der Waals surface area contributed by atoms with Gasteiger partial charge in [-0.05, 0) is 12.8 Å². The molecule has 0 aromatic rings. The van der Waals surface area contributed by atoms with Gasteiger partial charge in [0.05, 0.1) is 6.04 Å². The average Bonchev–Trinajstić information content (AvgIpc) is 2.79. The second-order valence-electron chi connectivity index (χ2n) is 6.24. The number of rotatable bonds is 4. The highest BCUT2D eigenvalue weighted by molar-refractivity contribution is 7.80. The summed E-state index contributed by atoms with van der Waals surface area (Å²) < 4.78 is 34.8. The van der Waals surface area contributed by atoms with Crippen molar-refractivity contribution in [2.75, 3.05) is 32.7 Å². The van der Waals surface area contributed by atoms with Crippen molar-refractivity contribution in [3.8, 4) is 0 Å². The summed E-state index contributed by atoms with van der Waals surface area (Å²) in [6, 6.07) is -2.17. The number of hydrogen-bond acceptors (Lipinski definition) is 7. The minimum absolute atomic E-state index is 0.110. The summed E-state index contributed by atoms with van der Waals surface area (Å²) in [6.45, 7) is 1.25. The molecule has 3 aliphatic rings. The Balaban J connectivity index is 1.58. The largest absolute Gasteiger partial charge is 0.465 e. The monoisotopic (exact) mass is 393 g/mol. The minimum Gasteiger partial charge on any atom is -0.465 e. The van der Waals surface area contributed by atoms with Crippen LogP contribution in [0.5, 0.6) is 0 Å². The van der Waals surface area contributed by atoms with Crippen LogP contribution in [0.3, 0.4) is 0 Å². The molecule has 3 fully saturated rings. The summed E-state index contributed by atoms with van der Waals surface area (Å²) in [5, 5.41) is 11.1. The topological polar surface area (TPSA) is 160 Å². The van der Waals surface area contributed by atoms with E-state index in [9.17, 15) is 22.8 Å². The standard InChI is InChI=1S/C12H19N5O8S/c18-10(13-15-5-3-14(4-6-15)12(20)21)9-2-1-8-7-16(9)11(19)17(8)25-26(22,23)24/h8-9H,1-7H2,(H,13,18)(H,20,21)(H,22,23,24)/t8-,9+/m1/s1. The number of amides is 4. The highest BCUT2D eigenvalue weighted by atomic mass is 32.3. The number of piperidine rings is 1. The first kappa shape index (κ1) is 18.6. The quantitative estimate of drug-likeness (QED) is 0.474. The van der Waals surface area contributed by atoms with Gasteiger partial charge in [0.15, 0.2) is 0 Å². The third-order valence-corrected chi connectivity index (χ3v) is 4.97. The number of urea groups is 1. The molecule has 26 heavy (non-hydrogen) atoms. The molecule has 0 unspecified atom stereocenters. The Morgan fingerprint density at radius 2 is 1.81 bits per heavy atom. The molecular formula is C12H19N5O8S. The second kappa shape index (κ2) is 6.86. The van der Waals surface area contributed by atoms with Crippen LogP contribution in [-0.4, -0.2) is 101 Å². The van der Waals surface area contributed by atoms with Crippen molar-refractivity contribution < 1.29 is 36.7 Å². The van der Waals surface area contributed by atoms with Crippen LogP contribution in [0.15, 0.2) is 0 Å². The van der Waals surface area contributed by atoms with Crippen LogP contribution >= 0.6 is 0 Å². The van der Waals surface area contributed by atoms with Crippen molar-refractivity contribution in [1.82, 2.24) is 25.3 Å². The number of carbonyl (C=O) groups is 3. The Morgan fingerprint density at radius 3 is 2.38 bits per heavy atom. The van der Waals surface area contributed by atoms with Crippen molar-refractivity contribution in [2.45, 2.75) is 24.9 Å². The Hall–Kier alpha value is -2.16. The van der Waals surface area contributed by atoms with Crippen LogP contribution in [0.25, 0.3) is 0 Å². The molecule has 13 nitrogen and oxygen atoms in total. The lowest BCUT2D eigenvalue weighted by Crippen LogP contribution is -2.59. The van der Waals surface area contributed by atoms with E-state index in [1.54, 1.807) is 5.01 Å². The molecule has 3 aliphatic heterocycles. The third kappa shape index (κ3) is 3.82. The van der Waals surface area contributed by atoms with E-state index >= 15 is 0 Å². The fraction of sp³-hybridized carbons (Fsp3) is 0.750. The van der Waals surface area contributed by atoms with Crippen molar-refractivity contribution in [3.05, 3.63) is 0 Å². The van der Waals surface area contributed by atoms with Gasteiger partial charge in [-0.25, -0.2) is 14.6 Å². The third-order valence-electron chi connectivity index (χ3n) is 4.62. The van der Waals surface area contributed by atoms with Crippen LogP contribution < -0.4 is 5.43 Å². The summed E-state index contributed by atoms with van der Waals surface area (Å²) in [6.07, 6.45) is -0.374. The average molecular weight is 393 g/mol. The Morgan fingerprint density at radius 1 is 1.15 bits per heavy atom. The van der Waals surface area contributed by atoms with Gasteiger partial charge in [0.25, 0.3) is 5.91 Å². The van der Waals surface area contributed by atoms with E-state index in [4.69, 9.17) is 9.66 Å². The molecular weight excluding hydrogens is 374 g/mol. The number of carbonyl (C=O) groups excluding carboxylic acids is 2. The van der Waals surface area contributed by atoms with Gasteiger partial charge in [0, 0.05) is 32.7 Å². The molecule has 3 rings (SSSR count). The van der Waals surface area contributed by atoms with Gasteiger partial charge in [0.2, 0.25) is 0 Å². The number of nitrogens with one attached hydrogen (secondary N) is 1. The number of fused-ring (bicyclic) bond motifs is 2. The van der Waals surface area contributed by atoms with Crippen molar-refractivity contribution in [1.29, 1.82) is 0 Å². The summed E-state index contributed by atoms with van der Waals surface area (Å²) >= 11 is 0. The molecule has 0 radical (unpaired) electrons. The number of piperazine rings is 1. The van der Waals surface area contributed by atoms with E-state index in [2.05, 4.69) is 9.71 Å². The number of hydrazine groups is 1. The molecule has 2 atom stereocenters. The first-order chi connectivity index (χ1) is 12.2. The van der Waals surface area contributed by atoms with Gasteiger partial charge >= 0.3 is 22.5 Å². The van der Waals surface area contributed by atoms with Gasteiger partial charge in [-0.15, -0.1) is 4.28 Å². The summed E-state index contributed by atoms with van der Waals surface area (Å²) in [4.78, 5) is 38.1. The van der Waals surface area contributed by atoms with E-state index in [1.165, 1.54) is 9.80 Å². The van der Waals surface area contributed by atoms with Gasteiger partial charge < -0.3 is 14.9 Å². The molecule has 146 valence electrons. The van der Waals surface area contributed by atoms with Crippen molar-refractivity contribution >= 4 is 28.4 Å². The Kier molecular flexibility index (Phi) is 4.92. The predicted octanol–water partition coefficient (Wildman–Crippen LogP) is -1.68. The smallest absolute Gasteiger partial charge is 0.418 e. The molecule has 0 aliphatic carbocycles. The van der Waals surface area contributed by atoms with Crippen LogP contribution in [0, 0.1) is 0 Å². The van der Waals surface area contributed by atoms with Crippen LogP contribution in [0.2, 0.25) is 0 Å². The summed E-state index contributed by atoms with van der Waals surface area (Å²) in [5.41, 5.74) is 2.67. The predicted molar refractivity (Wildman–Crippen MR) is 82.7 cm³/mol. The van der Waals surface area contributed by atoms with E-state index in [0.717, 1.165) is 0 Å². The minimum atomic E-state index is -4.83. The Labute approximate surface area is 148 Å². The second-order valence-corrected chi connectivity index (χ2v) is 7.25. The fourth-order valence-corrected chi connectivity index (χ4v) is 3.73. The van der Waals surface area contributed by atoms with Gasteiger partial charge in [0.1, 0.15) is 6.04 Å². The highest BCUT2D eigenvalue weighted by Crippen LogP contribution is 2.30. The Bertz CT molecular complexity index is 706. The van der Waals surface area contributed by atoms with Gasteiger partial charge in [-0.3, -0.25) is 14.8 Å². The highest BCUT2D eigenvalue weighted by Gasteiger charge is 2.49. The zero-order valence-electron chi connectivity index (χ0n) is 13.6. The lowest BCUT2D eigenvalue weighted by molar-refractivity contribution is -0.131. The van der Waals surface area contributed by atoms with E-state index < -0.39 is 40.5 Å². The summed E-state index contributed by atoms with van der Waals surface area (Å²) in [5.74, 6) is -0.436. The molecule has 3 saturated heterocycles.